The summed E-state index contributed by atoms with van der Waals surface area (Å²) in [6.45, 7) is 4.17. The highest BCUT2D eigenvalue weighted by Crippen LogP contribution is 2.23. The molecule has 1 amide bonds. The summed E-state index contributed by atoms with van der Waals surface area (Å²) in [5, 5.41) is 3.17. The van der Waals surface area contributed by atoms with Crippen LogP contribution in [0.3, 0.4) is 0 Å². The Kier molecular flexibility index (Phi) is 8.19. The summed E-state index contributed by atoms with van der Waals surface area (Å²) in [6.07, 6.45) is 2.45. The van der Waals surface area contributed by atoms with Crippen molar-refractivity contribution in [3.05, 3.63) is 29.8 Å². The molecule has 1 aromatic carbocycles. The van der Waals surface area contributed by atoms with Gasteiger partial charge < -0.3 is 10.2 Å². The molecule has 1 saturated heterocycles. The molecule has 5 nitrogen and oxygen atoms in total. The fraction of sp³-hybridized carbons (Fsp3) is 0.588. The van der Waals surface area contributed by atoms with E-state index in [-0.39, 0.29) is 29.0 Å². The van der Waals surface area contributed by atoms with Crippen molar-refractivity contribution in [3.63, 3.8) is 0 Å². The van der Waals surface area contributed by atoms with Crippen molar-refractivity contribution in [2.24, 2.45) is 5.92 Å². The highest BCUT2D eigenvalue weighted by molar-refractivity contribution is 7.91. The molecule has 0 spiro atoms. The van der Waals surface area contributed by atoms with Gasteiger partial charge in [0.05, 0.1) is 16.2 Å². The standard InChI is InChI=1S/C17H26N2O3S.ClH/c1-3-12-23(21,22)16-7-5-4-6-15(16)17(20)19-10-8-14(9-11-19)13-18-2;/h4-7,14,18H,3,8-13H2,1-2H3;1H. The van der Waals surface area contributed by atoms with Gasteiger partial charge in [0.2, 0.25) is 0 Å². The van der Waals surface area contributed by atoms with Crippen LogP contribution in [-0.2, 0) is 9.84 Å². The molecule has 24 heavy (non-hydrogen) atoms. The Balaban J connectivity index is 0.00000288. The summed E-state index contributed by atoms with van der Waals surface area (Å²) in [7, 11) is -1.46. The van der Waals surface area contributed by atoms with Crippen molar-refractivity contribution in [2.45, 2.75) is 31.1 Å². The smallest absolute Gasteiger partial charge is 0.255 e. The topological polar surface area (TPSA) is 66.5 Å². The van der Waals surface area contributed by atoms with E-state index < -0.39 is 9.84 Å². The van der Waals surface area contributed by atoms with Gasteiger partial charge in [-0.15, -0.1) is 12.4 Å². The largest absolute Gasteiger partial charge is 0.339 e. The molecule has 0 radical (unpaired) electrons. The first kappa shape index (κ1) is 20.9. The lowest BCUT2D eigenvalue weighted by molar-refractivity contribution is 0.0687. The van der Waals surface area contributed by atoms with Gasteiger partial charge in [-0.3, -0.25) is 4.79 Å². The van der Waals surface area contributed by atoms with Crippen molar-refractivity contribution in [3.8, 4) is 0 Å². The minimum Gasteiger partial charge on any atom is -0.339 e. The number of carbonyl (C=O) groups is 1. The number of sulfone groups is 1. The first-order valence-corrected chi connectivity index (χ1v) is 9.90. The zero-order valence-electron chi connectivity index (χ0n) is 14.3. The van der Waals surface area contributed by atoms with Crippen LogP contribution in [-0.4, -0.2) is 51.7 Å². The van der Waals surface area contributed by atoms with Gasteiger partial charge in [-0.25, -0.2) is 8.42 Å². The molecular weight excluding hydrogens is 348 g/mol. The molecule has 136 valence electrons. The summed E-state index contributed by atoms with van der Waals surface area (Å²) < 4.78 is 24.8. The summed E-state index contributed by atoms with van der Waals surface area (Å²) in [4.78, 5) is 14.7. The lowest BCUT2D eigenvalue weighted by Gasteiger charge is -2.32. The van der Waals surface area contributed by atoms with E-state index in [0.717, 1.165) is 19.4 Å². The molecule has 1 aromatic rings. The van der Waals surface area contributed by atoms with Gasteiger partial charge in [0.1, 0.15) is 0 Å². The van der Waals surface area contributed by atoms with E-state index in [1.807, 2.05) is 14.0 Å². The van der Waals surface area contributed by atoms with Gasteiger partial charge in [0.25, 0.3) is 5.91 Å². The molecular formula is C17H27ClN2O3S. The van der Waals surface area contributed by atoms with E-state index in [2.05, 4.69) is 5.32 Å². The number of benzene rings is 1. The second kappa shape index (κ2) is 9.39. The molecule has 0 aromatic heterocycles. The number of hydrogen-bond donors (Lipinski definition) is 1. The Morgan fingerprint density at radius 2 is 1.88 bits per heavy atom. The van der Waals surface area contributed by atoms with Gasteiger partial charge in [0, 0.05) is 13.1 Å². The number of rotatable bonds is 6. The monoisotopic (exact) mass is 374 g/mol. The number of piperidine rings is 1. The SMILES string of the molecule is CCCS(=O)(=O)c1ccccc1C(=O)N1CCC(CNC)CC1.Cl. The maximum absolute atomic E-state index is 12.8. The molecule has 1 aliphatic heterocycles. The van der Waals surface area contributed by atoms with Crippen LogP contribution in [0.15, 0.2) is 29.2 Å². The molecule has 0 bridgehead atoms. The van der Waals surface area contributed by atoms with E-state index in [9.17, 15) is 13.2 Å². The van der Waals surface area contributed by atoms with Crippen molar-refractivity contribution in [1.82, 2.24) is 10.2 Å². The van der Waals surface area contributed by atoms with Gasteiger partial charge in [-0.2, -0.15) is 0 Å². The number of likely N-dealkylation sites (tertiary alicyclic amines) is 1. The van der Waals surface area contributed by atoms with Crippen LogP contribution >= 0.6 is 12.4 Å². The van der Waals surface area contributed by atoms with Crippen LogP contribution in [0.25, 0.3) is 0 Å². The molecule has 1 N–H and O–H groups in total. The quantitative estimate of drug-likeness (QED) is 0.830. The molecule has 0 saturated carbocycles. The van der Waals surface area contributed by atoms with E-state index in [1.54, 1.807) is 29.2 Å². The van der Waals surface area contributed by atoms with Crippen molar-refractivity contribution in [1.29, 1.82) is 0 Å². The second-order valence-electron chi connectivity index (χ2n) is 6.11. The number of nitrogens with zero attached hydrogens (tertiary/aromatic N) is 1. The third-order valence-electron chi connectivity index (χ3n) is 4.32. The van der Waals surface area contributed by atoms with Gasteiger partial charge in [0.15, 0.2) is 9.84 Å². The summed E-state index contributed by atoms with van der Waals surface area (Å²) in [5.41, 5.74) is 0.313. The van der Waals surface area contributed by atoms with Crippen LogP contribution in [0.5, 0.6) is 0 Å². The van der Waals surface area contributed by atoms with Crippen LogP contribution in [0.4, 0.5) is 0 Å². The van der Waals surface area contributed by atoms with Crippen LogP contribution in [0.2, 0.25) is 0 Å². The lowest BCUT2D eigenvalue weighted by Crippen LogP contribution is -2.40. The number of hydrogen-bond acceptors (Lipinski definition) is 4. The summed E-state index contributed by atoms with van der Waals surface area (Å²) in [5.74, 6) is 0.493. The molecule has 1 heterocycles. The number of carbonyl (C=O) groups excluding carboxylic acids is 1. The van der Waals surface area contributed by atoms with Crippen molar-refractivity contribution < 1.29 is 13.2 Å². The summed E-state index contributed by atoms with van der Waals surface area (Å²) in [6, 6.07) is 6.58. The van der Waals surface area contributed by atoms with Crippen molar-refractivity contribution >= 4 is 28.2 Å². The van der Waals surface area contributed by atoms with Gasteiger partial charge in [-0.1, -0.05) is 19.1 Å². The molecule has 0 aliphatic carbocycles. The van der Waals surface area contributed by atoms with Crippen LogP contribution in [0.1, 0.15) is 36.5 Å². The average Bonchev–Trinajstić information content (AvgIpc) is 2.55. The second-order valence-corrected chi connectivity index (χ2v) is 8.19. The normalized spacial score (nSPS) is 15.8. The molecule has 7 heteroatoms. The first-order valence-electron chi connectivity index (χ1n) is 8.25. The van der Waals surface area contributed by atoms with Crippen LogP contribution < -0.4 is 5.32 Å². The molecule has 0 atom stereocenters. The Bertz CT molecular complexity index is 641. The summed E-state index contributed by atoms with van der Waals surface area (Å²) >= 11 is 0. The number of halogens is 1. The first-order chi connectivity index (χ1) is 11.0. The van der Waals surface area contributed by atoms with E-state index in [4.69, 9.17) is 0 Å². The third-order valence-corrected chi connectivity index (χ3v) is 6.29. The maximum atomic E-state index is 12.8. The minimum atomic E-state index is -3.40. The van der Waals surface area contributed by atoms with E-state index in [0.29, 0.717) is 31.0 Å². The Morgan fingerprint density at radius 3 is 2.46 bits per heavy atom. The highest BCUT2D eigenvalue weighted by atomic mass is 35.5. The lowest BCUT2D eigenvalue weighted by atomic mass is 9.96. The Morgan fingerprint density at radius 1 is 1.25 bits per heavy atom. The number of amides is 1. The number of nitrogens with one attached hydrogen (secondary N) is 1. The molecule has 1 fully saturated rings. The molecule has 0 unspecified atom stereocenters. The van der Waals surface area contributed by atoms with Crippen molar-refractivity contribution in [2.75, 3.05) is 32.4 Å². The Hall–Kier alpha value is -1.11. The zero-order chi connectivity index (χ0) is 16.9. The predicted molar refractivity (Wildman–Crippen MR) is 98.6 cm³/mol. The fourth-order valence-corrected chi connectivity index (χ4v) is 4.63. The minimum absolute atomic E-state index is 0. The molecule has 1 aliphatic rings. The molecule has 2 rings (SSSR count). The predicted octanol–water partition coefficient (Wildman–Crippen LogP) is 2.36. The highest BCUT2D eigenvalue weighted by Gasteiger charge is 2.27. The van der Waals surface area contributed by atoms with E-state index in [1.165, 1.54) is 0 Å². The average molecular weight is 375 g/mol. The zero-order valence-corrected chi connectivity index (χ0v) is 16.0. The van der Waals surface area contributed by atoms with Gasteiger partial charge >= 0.3 is 0 Å². The maximum Gasteiger partial charge on any atom is 0.255 e. The Labute approximate surface area is 151 Å². The fourth-order valence-electron chi connectivity index (χ4n) is 3.09. The van der Waals surface area contributed by atoms with Gasteiger partial charge in [-0.05, 0) is 50.9 Å². The third kappa shape index (κ3) is 4.94. The van der Waals surface area contributed by atoms with E-state index >= 15 is 0 Å². The van der Waals surface area contributed by atoms with Crippen LogP contribution in [0, 0.1) is 5.92 Å².